The maximum absolute atomic E-state index is 8.77. The second-order valence-corrected chi connectivity index (χ2v) is 4.63. The third-order valence-corrected chi connectivity index (χ3v) is 2.92. The molecule has 2 aromatic rings. The first kappa shape index (κ1) is 10.4. The summed E-state index contributed by atoms with van der Waals surface area (Å²) in [6.07, 6.45) is 1.76. The Kier molecular flexibility index (Phi) is 2.89. The van der Waals surface area contributed by atoms with E-state index >= 15 is 0 Å². The van der Waals surface area contributed by atoms with E-state index in [0.717, 1.165) is 10.2 Å². The molecule has 0 aliphatic rings. The molecule has 2 rings (SSSR count). The molecule has 0 unspecified atom stereocenters. The van der Waals surface area contributed by atoms with Crippen molar-refractivity contribution >= 4 is 31.9 Å². The molecule has 1 aromatic heterocycles. The number of aromatic nitrogens is 2. The Hall–Kier alpha value is -1.12. The second-order valence-electron chi connectivity index (χ2n) is 2.86. The van der Waals surface area contributed by atoms with Gasteiger partial charge in [0.2, 0.25) is 0 Å². The number of nitriles is 1. The van der Waals surface area contributed by atoms with Gasteiger partial charge in [-0.15, -0.1) is 0 Å². The highest BCUT2D eigenvalue weighted by Gasteiger charge is 2.06. The molecule has 0 aliphatic heterocycles. The van der Waals surface area contributed by atoms with Gasteiger partial charge in [0, 0.05) is 10.7 Å². The molecule has 0 aliphatic carbocycles. The number of nitrogens with zero attached hydrogens (tertiary/aromatic N) is 3. The van der Waals surface area contributed by atoms with Crippen LogP contribution in [0.2, 0.25) is 0 Å². The first-order chi connectivity index (χ1) is 7.20. The van der Waals surface area contributed by atoms with Gasteiger partial charge in [-0.3, -0.25) is 0 Å². The van der Waals surface area contributed by atoms with Crippen molar-refractivity contribution in [1.29, 1.82) is 5.26 Å². The summed E-state index contributed by atoms with van der Waals surface area (Å²) < 4.78 is 3.34. The number of benzene rings is 1. The van der Waals surface area contributed by atoms with Gasteiger partial charge in [-0.25, -0.2) is 4.68 Å². The van der Waals surface area contributed by atoms with Crippen LogP contribution >= 0.6 is 31.9 Å². The van der Waals surface area contributed by atoms with Crippen LogP contribution in [-0.4, -0.2) is 9.78 Å². The monoisotopic (exact) mass is 325 g/mol. The molecule has 3 nitrogen and oxygen atoms in total. The SMILES string of the molecule is N#Cc1nn(-c2cccc(Br)c2)cc1Br. The average molecular weight is 327 g/mol. The summed E-state index contributed by atoms with van der Waals surface area (Å²) in [5.41, 5.74) is 1.29. The van der Waals surface area contributed by atoms with Crippen LogP contribution in [0.1, 0.15) is 5.69 Å². The van der Waals surface area contributed by atoms with Gasteiger partial charge in [0.25, 0.3) is 0 Å². The van der Waals surface area contributed by atoms with Crippen molar-refractivity contribution in [2.75, 3.05) is 0 Å². The summed E-state index contributed by atoms with van der Waals surface area (Å²) >= 11 is 6.66. The molecule has 0 fully saturated rings. The predicted octanol–water partition coefficient (Wildman–Crippen LogP) is 3.27. The molecular formula is C10H5Br2N3. The molecule has 0 N–H and O–H groups in total. The molecule has 0 bridgehead atoms. The van der Waals surface area contributed by atoms with Crippen molar-refractivity contribution in [3.05, 3.63) is 45.1 Å². The van der Waals surface area contributed by atoms with Crippen molar-refractivity contribution in [3.8, 4) is 11.8 Å². The van der Waals surface area contributed by atoms with Gasteiger partial charge < -0.3 is 0 Å². The summed E-state index contributed by atoms with van der Waals surface area (Å²) in [7, 11) is 0. The minimum atomic E-state index is 0.384. The molecule has 15 heavy (non-hydrogen) atoms. The minimum absolute atomic E-state index is 0.384. The van der Waals surface area contributed by atoms with Gasteiger partial charge in [0.1, 0.15) is 6.07 Å². The summed E-state index contributed by atoms with van der Waals surface area (Å²) in [5, 5.41) is 12.9. The lowest BCUT2D eigenvalue weighted by atomic mass is 10.3. The maximum Gasteiger partial charge on any atom is 0.177 e. The van der Waals surface area contributed by atoms with Gasteiger partial charge in [-0.05, 0) is 34.1 Å². The summed E-state index contributed by atoms with van der Waals surface area (Å²) in [6.45, 7) is 0. The summed E-state index contributed by atoms with van der Waals surface area (Å²) in [6, 6.07) is 9.72. The fraction of sp³-hybridized carbons (Fsp3) is 0. The Bertz CT molecular complexity index is 540. The zero-order valence-corrected chi connectivity index (χ0v) is 10.7. The quantitative estimate of drug-likeness (QED) is 0.807. The van der Waals surface area contributed by atoms with Crippen LogP contribution in [-0.2, 0) is 0 Å². The first-order valence-corrected chi connectivity index (χ1v) is 5.70. The first-order valence-electron chi connectivity index (χ1n) is 4.12. The number of hydrogen-bond donors (Lipinski definition) is 0. The van der Waals surface area contributed by atoms with E-state index in [9.17, 15) is 0 Å². The molecule has 0 radical (unpaired) electrons. The Balaban J connectivity index is 2.51. The average Bonchev–Trinajstić information content (AvgIpc) is 2.60. The van der Waals surface area contributed by atoms with E-state index < -0.39 is 0 Å². The fourth-order valence-electron chi connectivity index (χ4n) is 1.18. The topological polar surface area (TPSA) is 41.6 Å². The zero-order chi connectivity index (χ0) is 10.8. The zero-order valence-electron chi connectivity index (χ0n) is 7.48. The molecule has 1 heterocycles. The van der Waals surface area contributed by atoms with Gasteiger partial charge >= 0.3 is 0 Å². The lowest BCUT2D eigenvalue weighted by Gasteiger charge is -2.00. The molecule has 5 heteroatoms. The van der Waals surface area contributed by atoms with Crippen molar-refractivity contribution < 1.29 is 0 Å². The molecule has 74 valence electrons. The third kappa shape index (κ3) is 2.11. The largest absolute Gasteiger partial charge is 0.238 e. The third-order valence-electron chi connectivity index (χ3n) is 1.85. The van der Waals surface area contributed by atoms with Crippen LogP contribution < -0.4 is 0 Å². The highest BCUT2D eigenvalue weighted by molar-refractivity contribution is 9.10. The highest BCUT2D eigenvalue weighted by Crippen LogP contribution is 2.19. The Morgan fingerprint density at radius 3 is 2.73 bits per heavy atom. The van der Waals surface area contributed by atoms with Crippen LogP contribution in [0.15, 0.2) is 39.4 Å². The van der Waals surface area contributed by atoms with E-state index in [-0.39, 0.29) is 0 Å². The van der Waals surface area contributed by atoms with E-state index in [4.69, 9.17) is 5.26 Å². The summed E-state index contributed by atoms with van der Waals surface area (Å²) in [5.74, 6) is 0. The number of halogens is 2. The summed E-state index contributed by atoms with van der Waals surface area (Å²) in [4.78, 5) is 0. The molecule has 1 aromatic carbocycles. The van der Waals surface area contributed by atoms with E-state index in [1.54, 1.807) is 10.9 Å². The Morgan fingerprint density at radius 1 is 1.33 bits per heavy atom. The van der Waals surface area contributed by atoms with Crippen LogP contribution in [0.5, 0.6) is 0 Å². The predicted molar refractivity (Wildman–Crippen MR) is 63.7 cm³/mol. The van der Waals surface area contributed by atoms with Crippen molar-refractivity contribution in [1.82, 2.24) is 9.78 Å². The van der Waals surface area contributed by atoms with E-state index in [1.165, 1.54) is 0 Å². The molecule has 0 amide bonds. The van der Waals surface area contributed by atoms with Crippen LogP contribution in [0.3, 0.4) is 0 Å². The van der Waals surface area contributed by atoms with Crippen molar-refractivity contribution in [2.24, 2.45) is 0 Å². The molecule has 0 saturated carbocycles. The number of hydrogen-bond acceptors (Lipinski definition) is 2. The molecule has 0 atom stereocenters. The maximum atomic E-state index is 8.77. The van der Waals surface area contributed by atoms with Gasteiger partial charge in [-0.1, -0.05) is 22.0 Å². The number of rotatable bonds is 1. The van der Waals surface area contributed by atoms with E-state index in [2.05, 4.69) is 37.0 Å². The van der Waals surface area contributed by atoms with Crippen molar-refractivity contribution in [2.45, 2.75) is 0 Å². The Morgan fingerprint density at radius 2 is 2.13 bits per heavy atom. The van der Waals surface area contributed by atoms with Crippen LogP contribution in [0.4, 0.5) is 0 Å². The lowest BCUT2D eigenvalue weighted by Crippen LogP contribution is -1.94. The normalized spacial score (nSPS) is 9.93. The standard InChI is InChI=1S/C10H5Br2N3/c11-7-2-1-3-8(4-7)15-6-9(12)10(5-13)14-15/h1-4,6H. The van der Waals surface area contributed by atoms with Gasteiger partial charge in [0.15, 0.2) is 5.69 Å². The molecule has 0 saturated heterocycles. The Labute approximate surface area is 104 Å². The van der Waals surface area contributed by atoms with Crippen molar-refractivity contribution in [3.63, 3.8) is 0 Å². The van der Waals surface area contributed by atoms with Crippen LogP contribution in [0.25, 0.3) is 5.69 Å². The van der Waals surface area contributed by atoms with Crippen LogP contribution in [0, 0.1) is 11.3 Å². The fourth-order valence-corrected chi connectivity index (χ4v) is 1.93. The second kappa shape index (κ2) is 4.17. The van der Waals surface area contributed by atoms with Gasteiger partial charge in [-0.2, -0.15) is 10.4 Å². The molecule has 0 spiro atoms. The minimum Gasteiger partial charge on any atom is -0.238 e. The smallest absolute Gasteiger partial charge is 0.177 e. The van der Waals surface area contributed by atoms with Gasteiger partial charge in [0.05, 0.1) is 10.2 Å². The highest BCUT2D eigenvalue weighted by atomic mass is 79.9. The van der Waals surface area contributed by atoms with E-state index in [1.807, 2.05) is 30.3 Å². The molecular weight excluding hydrogens is 322 g/mol. The lowest BCUT2D eigenvalue weighted by molar-refractivity contribution is 0.872. The van der Waals surface area contributed by atoms with E-state index in [0.29, 0.717) is 10.2 Å².